The number of hydrogen-bond donors (Lipinski definition) is 1. The second kappa shape index (κ2) is 8.61. The van der Waals surface area contributed by atoms with Crippen LogP contribution in [0.4, 0.5) is 4.39 Å². The van der Waals surface area contributed by atoms with Crippen LogP contribution in [0, 0.1) is 5.82 Å². The first-order valence-electron chi connectivity index (χ1n) is 8.34. The van der Waals surface area contributed by atoms with Gasteiger partial charge in [0.1, 0.15) is 5.82 Å². The zero-order chi connectivity index (χ0) is 17.6. The minimum absolute atomic E-state index is 0.220. The molecule has 0 aromatic heterocycles. The summed E-state index contributed by atoms with van der Waals surface area (Å²) in [5.74, 6) is -0.220. The first-order chi connectivity index (χ1) is 12.1. The fourth-order valence-corrected chi connectivity index (χ4v) is 3.36. The summed E-state index contributed by atoms with van der Waals surface area (Å²) < 4.78 is 12.9. The Morgan fingerprint density at radius 1 is 1.04 bits per heavy atom. The summed E-state index contributed by atoms with van der Waals surface area (Å²) in [5, 5.41) is 4.80. The van der Waals surface area contributed by atoms with Crippen LogP contribution in [-0.2, 0) is 13.1 Å². The van der Waals surface area contributed by atoms with Crippen molar-refractivity contribution in [3.05, 3.63) is 70.5 Å². The van der Waals surface area contributed by atoms with Gasteiger partial charge in [0.25, 0.3) is 0 Å². The standard InChI is InChI=1S/C19H21ClFN3S/c20-17-3-1-2-16(12-17)14-23-8-10-24(11-9-23)19(25)22-13-15-4-6-18(21)7-5-15/h1-7,12H,8-11,13-14H2,(H,22,25). The number of benzene rings is 2. The average molecular weight is 378 g/mol. The van der Waals surface area contributed by atoms with Crippen LogP contribution in [-0.4, -0.2) is 41.1 Å². The molecule has 0 spiro atoms. The van der Waals surface area contributed by atoms with Gasteiger partial charge in [-0.3, -0.25) is 4.90 Å². The predicted octanol–water partition coefficient (Wildman–Crippen LogP) is 3.67. The molecule has 0 saturated carbocycles. The molecule has 0 radical (unpaired) electrons. The van der Waals surface area contributed by atoms with Crippen LogP contribution in [0.25, 0.3) is 0 Å². The maximum Gasteiger partial charge on any atom is 0.169 e. The quantitative estimate of drug-likeness (QED) is 0.819. The van der Waals surface area contributed by atoms with Crippen LogP contribution >= 0.6 is 23.8 Å². The van der Waals surface area contributed by atoms with E-state index in [-0.39, 0.29) is 5.82 Å². The van der Waals surface area contributed by atoms with Gasteiger partial charge in [0.15, 0.2) is 5.11 Å². The van der Waals surface area contributed by atoms with Crippen molar-refractivity contribution in [2.75, 3.05) is 26.2 Å². The lowest BCUT2D eigenvalue weighted by atomic mass is 10.2. The van der Waals surface area contributed by atoms with E-state index in [0.717, 1.165) is 48.4 Å². The summed E-state index contributed by atoms with van der Waals surface area (Å²) in [7, 11) is 0. The zero-order valence-electron chi connectivity index (χ0n) is 13.9. The van der Waals surface area contributed by atoms with E-state index in [1.165, 1.54) is 17.7 Å². The highest BCUT2D eigenvalue weighted by atomic mass is 35.5. The van der Waals surface area contributed by atoms with E-state index in [4.69, 9.17) is 23.8 Å². The number of halogens is 2. The number of nitrogens with zero attached hydrogens (tertiary/aromatic N) is 2. The van der Waals surface area contributed by atoms with E-state index >= 15 is 0 Å². The lowest BCUT2D eigenvalue weighted by Gasteiger charge is -2.36. The number of hydrogen-bond acceptors (Lipinski definition) is 2. The Balaban J connectivity index is 1.43. The predicted molar refractivity (Wildman–Crippen MR) is 104 cm³/mol. The molecule has 1 aliphatic rings. The number of nitrogens with one attached hydrogen (secondary N) is 1. The molecule has 0 atom stereocenters. The highest BCUT2D eigenvalue weighted by Gasteiger charge is 2.18. The van der Waals surface area contributed by atoms with Crippen LogP contribution in [0.1, 0.15) is 11.1 Å². The topological polar surface area (TPSA) is 18.5 Å². The molecule has 2 aromatic rings. The Labute approximate surface area is 158 Å². The molecular formula is C19H21ClFN3S. The van der Waals surface area contributed by atoms with E-state index in [1.807, 2.05) is 18.2 Å². The molecule has 0 unspecified atom stereocenters. The van der Waals surface area contributed by atoms with E-state index in [2.05, 4.69) is 21.2 Å². The highest BCUT2D eigenvalue weighted by molar-refractivity contribution is 7.80. The van der Waals surface area contributed by atoms with Crippen molar-refractivity contribution >= 4 is 28.9 Å². The highest BCUT2D eigenvalue weighted by Crippen LogP contribution is 2.14. The average Bonchev–Trinajstić information content (AvgIpc) is 2.62. The maximum absolute atomic E-state index is 12.9. The zero-order valence-corrected chi connectivity index (χ0v) is 15.5. The van der Waals surface area contributed by atoms with Crippen molar-refractivity contribution < 1.29 is 4.39 Å². The minimum atomic E-state index is -0.220. The molecule has 2 aromatic carbocycles. The molecule has 25 heavy (non-hydrogen) atoms. The summed E-state index contributed by atoms with van der Waals surface area (Å²) in [6.45, 7) is 5.24. The number of rotatable bonds is 4. The van der Waals surface area contributed by atoms with Crippen molar-refractivity contribution in [3.8, 4) is 0 Å². The van der Waals surface area contributed by atoms with Gasteiger partial charge in [-0.15, -0.1) is 0 Å². The molecule has 1 heterocycles. The van der Waals surface area contributed by atoms with Crippen molar-refractivity contribution in [3.63, 3.8) is 0 Å². The molecule has 132 valence electrons. The first kappa shape index (κ1) is 18.1. The second-order valence-electron chi connectivity index (χ2n) is 6.18. The summed E-state index contributed by atoms with van der Waals surface area (Å²) >= 11 is 11.5. The molecule has 3 rings (SSSR count). The van der Waals surface area contributed by atoms with E-state index in [0.29, 0.717) is 6.54 Å². The van der Waals surface area contributed by atoms with Gasteiger partial charge >= 0.3 is 0 Å². The van der Waals surface area contributed by atoms with Gasteiger partial charge in [0.2, 0.25) is 0 Å². The van der Waals surface area contributed by atoms with Crippen LogP contribution in [0.2, 0.25) is 5.02 Å². The van der Waals surface area contributed by atoms with Crippen molar-refractivity contribution in [2.45, 2.75) is 13.1 Å². The molecule has 1 aliphatic heterocycles. The third kappa shape index (κ3) is 5.39. The molecule has 1 saturated heterocycles. The molecule has 1 N–H and O–H groups in total. The molecule has 0 amide bonds. The minimum Gasteiger partial charge on any atom is -0.358 e. The normalized spacial score (nSPS) is 15.2. The van der Waals surface area contributed by atoms with E-state index in [9.17, 15) is 4.39 Å². The van der Waals surface area contributed by atoms with Gasteiger partial charge in [-0.2, -0.15) is 0 Å². The summed E-state index contributed by atoms with van der Waals surface area (Å²) in [6.07, 6.45) is 0. The van der Waals surface area contributed by atoms with Crippen LogP contribution in [0.3, 0.4) is 0 Å². The Kier molecular flexibility index (Phi) is 6.24. The van der Waals surface area contributed by atoms with Crippen molar-refractivity contribution in [2.24, 2.45) is 0 Å². The molecule has 3 nitrogen and oxygen atoms in total. The summed E-state index contributed by atoms with van der Waals surface area (Å²) in [5.41, 5.74) is 2.25. The van der Waals surface area contributed by atoms with Gasteiger partial charge in [-0.1, -0.05) is 35.9 Å². The molecular weight excluding hydrogens is 357 g/mol. The monoisotopic (exact) mass is 377 g/mol. The molecule has 0 aliphatic carbocycles. The maximum atomic E-state index is 12.9. The fraction of sp³-hybridized carbons (Fsp3) is 0.316. The van der Waals surface area contributed by atoms with E-state index in [1.54, 1.807) is 12.1 Å². The van der Waals surface area contributed by atoms with Gasteiger partial charge in [0.05, 0.1) is 0 Å². The number of piperazine rings is 1. The van der Waals surface area contributed by atoms with Gasteiger partial charge in [0, 0.05) is 44.3 Å². The lowest BCUT2D eigenvalue weighted by molar-refractivity contribution is 0.174. The second-order valence-corrected chi connectivity index (χ2v) is 7.00. The van der Waals surface area contributed by atoms with Crippen LogP contribution in [0.15, 0.2) is 48.5 Å². The SMILES string of the molecule is Fc1ccc(CNC(=S)N2CCN(Cc3cccc(Cl)c3)CC2)cc1. The Morgan fingerprint density at radius 3 is 2.44 bits per heavy atom. The number of thiocarbonyl (C=S) groups is 1. The summed E-state index contributed by atoms with van der Waals surface area (Å²) in [6, 6.07) is 14.5. The lowest BCUT2D eigenvalue weighted by Crippen LogP contribution is -2.51. The smallest absolute Gasteiger partial charge is 0.169 e. The Morgan fingerprint density at radius 2 is 1.76 bits per heavy atom. The van der Waals surface area contributed by atoms with Crippen LogP contribution < -0.4 is 5.32 Å². The van der Waals surface area contributed by atoms with Gasteiger partial charge in [-0.25, -0.2) is 4.39 Å². The summed E-state index contributed by atoms with van der Waals surface area (Å²) in [4.78, 5) is 4.60. The largest absolute Gasteiger partial charge is 0.358 e. The third-order valence-corrected chi connectivity index (χ3v) is 4.95. The van der Waals surface area contributed by atoms with E-state index < -0.39 is 0 Å². The van der Waals surface area contributed by atoms with Crippen molar-refractivity contribution in [1.82, 2.24) is 15.1 Å². The molecule has 0 bridgehead atoms. The van der Waals surface area contributed by atoms with Crippen molar-refractivity contribution in [1.29, 1.82) is 0 Å². The van der Waals surface area contributed by atoms with Gasteiger partial charge in [-0.05, 0) is 47.6 Å². The third-order valence-electron chi connectivity index (χ3n) is 4.31. The Bertz CT molecular complexity index is 715. The molecule has 6 heteroatoms. The van der Waals surface area contributed by atoms with Gasteiger partial charge < -0.3 is 10.2 Å². The Hall–Kier alpha value is -1.69. The van der Waals surface area contributed by atoms with Crippen LogP contribution in [0.5, 0.6) is 0 Å². The fourth-order valence-electron chi connectivity index (χ4n) is 2.89. The molecule has 1 fully saturated rings. The first-order valence-corrected chi connectivity index (χ1v) is 9.13.